The Balaban J connectivity index is 2.78. The molecule has 0 saturated carbocycles. The van der Waals surface area contributed by atoms with Gasteiger partial charge in [-0.25, -0.2) is 0 Å². The molecule has 1 rings (SSSR count). The predicted molar refractivity (Wildman–Crippen MR) is 63.0 cm³/mol. The van der Waals surface area contributed by atoms with Crippen LogP contribution in [0.4, 0.5) is 5.82 Å². The van der Waals surface area contributed by atoms with Gasteiger partial charge in [-0.2, -0.15) is 5.10 Å². The third kappa shape index (κ3) is 2.50. The fourth-order valence-corrected chi connectivity index (χ4v) is 1.41. The molecule has 3 nitrogen and oxygen atoms in total. The molecular weight excluding hydrogens is 242 g/mol. The number of aromatic nitrogens is 2. The van der Waals surface area contributed by atoms with Gasteiger partial charge in [0.1, 0.15) is 0 Å². The van der Waals surface area contributed by atoms with Gasteiger partial charge in [-0.1, -0.05) is 27.7 Å². The summed E-state index contributed by atoms with van der Waals surface area (Å²) in [5.41, 5.74) is 5.89. The minimum Gasteiger partial charge on any atom is -0.381 e. The molecule has 80 valence electrons. The van der Waals surface area contributed by atoms with E-state index in [4.69, 9.17) is 5.73 Å². The lowest BCUT2D eigenvalue weighted by atomic mass is 9.81. The van der Waals surface area contributed by atoms with Crippen molar-refractivity contribution in [1.29, 1.82) is 0 Å². The van der Waals surface area contributed by atoms with Crippen molar-refractivity contribution in [2.24, 2.45) is 11.3 Å². The maximum absolute atomic E-state index is 5.66. The molecule has 1 aromatic rings. The van der Waals surface area contributed by atoms with Crippen molar-refractivity contribution >= 4 is 21.7 Å². The first-order chi connectivity index (χ1) is 6.33. The van der Waals surface area contributed by atoms with Gasteiger partial charge in [-0.3, -0.25) is 4.68 Å². The van der Waals surface area contributed by atoms with Crippen molar-refractivity contribution < 1.29 is 0 Å². The Morgan fingerprint density at radius 3 is 2.50 bits per heavy atom. The molecule has 0 bridgehead atoms. The lowest BCUT2D eigenvalue weighted by Gasteiger charge is -2.28. The molecule has 1 aromatic heterocycles. The van der Waals surface area contributed by atoms with Gasteiger partial charge in [0.25, 0.3) is 0 Å². The molecule has 0 aliphatic rings. The molecule has 0 fully saturated rings. The van der Waals surface area contributed by atoms with Gasteiger partial charge in [-0.15, -0.1) is 0 Å². The van der Waals surface area contributed by atoms with Crippen molar-refractivity contribution in [2.45, 2.75) is 34.2 Å². The standard InChI is InChI=1S/C10H18BrN3/c1-7(2)10(3,4)6-14-5-8(11)9(12)13-14/h5,7H,6H2,1-4H3,(H2,12,13). The molecule has 0 saturated heterocycles. The second kappa shape index (κ2) is 3.93. The highest BCUT2D eigenvalue weighted by atomic mass is 79.9. The first kappa shape index (κ1) is 11.6. The predicted octanol–water partition coefficient (Wildman–Crippen LogP) is 2.91. The topological polar surface area (TPSA) is 43.8 Å². The summed E-state index contributed by atoms with van der Waals surface area (Å²) in [6, 6.07) is 0. The quantitative estimate of drug-likeness (QED) is 0.908. The zero-order chi connectivity index (χ0) is 10.9. The van der Waals surface area contributed by atoms with E-state index in [1.807, 2.05) is 10.9 Å². The van der Waals surface area contributed by atoms with E-state index in [9.17, 15) is 0 Å². The average molecular weight is 260 g/mol. The monoisotopic (exact) mass is 259 g/mol. The molecule has 0 spiro atoms. The van der Waals surface area contributed by atoms with E-state index < -0.39 is 0 Å². The normalized spacial score (nSPS) is 12.4. The van der Waals surface area contributed by atoms with Crippen molar-refractivity contribution in [3.05, 3.63) is 10.7 Å². The van der Waals surface area contributed by atoms with E-state index in [1.165, 1.54) is 0 Å². The van der Waals surface area contributed by atoms with E-state index in [2.05, 4.69) is 48.7 Å². The number of halogens is 1. The van der Waals surface area contributed by atoms with Crippen molar-refractivity contribution in [2.75, 3.05) is 5.73 Å². The Hall–Kier alpha value is -0.510. The number of hydrogen-bond donors (Lipinski definition) is 1. The van der Waals surface area contributed by atoms with Gasteiger partial charge in [0.15, 0.2) is 5.82 Å². The Kier molecular flexibility index (Phi) is 3.24. The van der Waals surface area contributed by atoms with E-state index in [0.717, 1.165) is 11.0 Å². The van der Waals surface area contributed by atoms with Gasteiger partial charge in [0.05, 0.1) is 4.47 Å². The van der Waals surface area contributed by atoms with Crippen LogP contribution in [0.3, 0.4) is 0 Å². The molecule has 0 radical (unpaired) electrons. The lowest BCUT2D eigenvalue weighted by Crippen LogP contribution is -2.25. The molecule has 0 atom stereocenters. The number of rotatable bonds is 3. The molecule has 4 heteroatoms. The van der Waals surface area contributed by atoms with Gasteiger partial charge >= 0.3 is 0 Å². The van der Waals surface area contributed by atoms with Crippen LogP contribution in [0.15, 0.2) is 10.7 Å². The largest absolute Gasteiger partial charge is 0.381 e. The third-order valence-electron chi connectivity index (χ3n) is 2.88. The van der Waals surface area contributed by atoms with E-state index in [-0.39, 0.29) is 5.41 Å². The van der Waals surface area contributed by atoms with Crippen LogP contribution in [0, 0.1) is 11.3 Å². The van der Waals surface area contributed by atoms with Crippen molar-refractivity contribution in [3.8, 4) is 0 Å². The Bertz CT molecular complexity index is 296. The number of anilines is 1. The first-order valence-corrected chi connectivity index (χ1v) is 5.60. The summed E-state index contributed by atoms with van der Waals surface area (Å²) >= 11 is 3.35. The second-order valence-corrected chi connectivity index (χ2v) is 5.56. The van der Waals surface area contributed by atoms with Gasteiger partial charge in [0, 0.05) is 12.7 Å². The highest BCUT2D eigenvalue weighted by molar-refractivity contribution is 9.10. The summed E-state index contributed by atoms with van der Waals surface area (Å²) in [4.78, 5) is 0. The number of nitrogens with two attached hydrogens (primary N) is 1. The molecule has 0 aliphatic heterocycles. The van der Waals surface area contributed by atoms with Gasteiger partial charge < -0.3 is 5.73 Å². The fourth-order valence-electron chi connectivity index (χ4n) is 1.09. The zero-order valence-electron chi connectivity index (χ0n) is 9.21. The summed E-state index contributed by atoms with van der Waals surface area (Å²) in [7, 11) is 0. The minimum atomic E-state index is 0.234. The van der Waals surface area contributed by atoms with Crippen LogP contribution in [-0.2, 0) is 6.54 Å². The zero-order valence-corrected chi connectivity index (χ0v) is 10.8. The van der Waals surface area contributed by atoms with Crippen LogP contribution in [0.2, 0.25) is 0 Å². The van der Waals surface area contributed by atoms with Crippen molar-refractivity contribution in [1.82, 2.24) is 9.78 Å². The maximum atomic E-state index is 5.66. The van der Waals surface area contributed by atoms with Crippen LogP contribution in [0.1, 0.15) is 27.7 Å². The SMILES string of the molecule is CC(C)C(C)(C)Cn1cc(Br)c(N)n1. The van der Waals surface area contributed by atoms with Crippen molar-refractivity contribution in [3.63, 3.8) is 0 Å². The summed E-state index contributed by atoms with van der Waals surface area (Å²) in [5, 5.41) is 4.23. The smallest absolute Gasteiger partial charge is 0.159 e. The number of nitrogen functional groups attached to an aromatic ring is 1. The highest BCUT2D eigenvalue weighted by Crippen LogP contribution is 2.29. The summed E-state index contributed by atoms with van der Waals surface area (Å²) in [5.74, 6) is 1.18. The molecule has 0 aliphatic carbocycles. The van der Waals surface area contributed by atoms with Crippen LogP contribution in [-0.4, -0.2) is 9.78 Å². The second-order valence-electron chi connectivity index (χ2n) is 4.70. The van der Waals surface area contributed by atoms with Gasteiger partial charge in [-0.05, 0) is 27.3 Å². The maximum Gasteiger partial charge on any atom is 0.159 e. The molecule has 2 N–H and O–H groups in total. The summed E-state index contributed by atoms with van der Waals surface area (Å²) in [6.45, 7) is 9.82. The van der Waals surface area contributed by atoms with E-state index in [0.29, 0.717) is 11.7 Å². The lowest BCUT2D eigenvalue weighted by molar-refractivity contribution is 0.201. The summed E-state index contributed by atoms with van der Waals surface area (Å²) < 4.78 is 2.77. The molecule has 14 heavy (non-hydrogen) atoms. The third-order valence-corrected chi connectivity index (χ3v) is 3.49. The fraction of sp³-hybridized carbons (Fsp3) is 0.700. The molecular formula is C10H18BrN3. The Morgan fingerprint density at radius 1 is 1.57 bits per heavy atom. The Labute approximate surface area is 93.8 Å². The molecule has 1 heterocycles. The van der Waals surface area contributed by atoms with Crippen LogP contribution >= 0.6 is 15.9 Å². The first-order valence-electron chi connectivity index (χ1n) is 4.81. The van der Waals surface area contributed by atoms with E-state index in [1.54, 1.807) is 0 Å². The highest BCUT2D eigenvalue weighted by Gasteiger charge is 2.23. The van der Waals surface area contributed by atoms with E-state index >= 15 is 0 Å². The van der Waals surface area contributed by atoms with Crippen LogP contribution < -0.4 is 5.73 Å². The molecule has 0 unspecified atom stereocenters. The summed E-state index contributed by atoms with van der Waals surface area (Å²) in [6.07, 6.45) is 1.93. The van der Waals surface area contributed by atoms with Gasteiger partial charge in [0.2, 0.25) is 0 Å². The van der Waals surface area contributed by atoms with Crippen LogP contribution in [0.25, 0.3) is 0 Å². The minimum absolute atomic E-state index is 0.234. The average Bonchev–Trinajstić information content (AvgIpc) is 2.29. The number of nitrogens with zero attached hydrogens (tertiary/aromatic N) is 2. The van der Waals surface area contributed by atoms with Crippen LogP contribution in [0.5, 0.6) is 0 Å². The number of hydrogen-bond acceptors (Lipinski definition) is 2. The molecule has 0 amide bonds. The molecule has 0 aromatic carbocycles. The Morgan fingerprint density at radius 2 is 2.14 bits per heavy atom.